The molecule has 1 atom stereocenters. The molecule has 0 spiro atoms. The number of phenolic OH excluding ortho intramolecular Hbond substituents is 1. The van der Waals surface area contributed by atoms with Crippen LogP contribution in [0.4, 0.5) is 0 Å². The first-order valence-electron chi connectivity index (χ1n) is 11.5. The van der Waals surface area contributed by atoms with Gasteiger partial charge < -0.3 is 9.84 Å². The van der Waals surface area contributed by atoms with Crippen LogP contribution in [0.2, 0.25) is 0 Å². The number of likely N-dealkylation sites (tertiary alicyclic amines) is 1. The first-order valence-corrected chi connectivity index (χ1v) is 11.5. The van der Waals surface area contributed by atoms with Crippen LogP contribution < -0.4 is 0 Å². The molecule has 2 saturated heterocycles. The van der Waals surface area contributed by atoms with Crippen molar-refractivity contribution in [2.75, 3.05) is 32.8 Å². The van der Waals surface area contributed by atoms with Gasteiger partial charge in [0.15, 0.2) is 0 Å². The number of phenols is 1. The van der Waals surface area contributed by atoms with E-state index in [1.54, 1.807) is 12.1 Å². The van der Waals surface area contributed by atoms with Crippen molar-refractivity contribution in [3.05, 3.63) is 65.2 Å². The Hall–Kier alpha value is -1.88. The maximum absolute atomic E-state index is 9.59. The topological polar surface area (TPSA) is 35.9 Å². The number of hydrogen-bond donors (Lipinski definition) is 1. The van der Waals surface area contributed by atoms with Crippen LogP contribution >= 0.6 is 0 Å². The number of nitrogens with zero attached hydrogens (tertiary/aromatic N) is 2. The van der Waals surface area contributed by atoms with Gasteiger partial charge in [-0.05, 0) is 80.4 Å². The summed E-state index contributed by atoms with van der Waals surface area (Å²) in [5.41, 5.74) is 4.13. The minimum atomic E-state index is 0.338. The summed E-state index contributed by atoms with van der Waals surface area (Å²) in [4.78, 5) is 5.20. The van der Waals surface area contributed by atoms with Gasteiger partial charge in [-0.25, -0.2) is 0 Å². The molecule has 0 amide bonds. The van der Waals surface area contributed by atoms with Gasteiger partial charge in [0.05, 0.1) is 6.10 Å². The van der Waals surface area contributed by atoms with Crippen LogP contribution in [0.15, 0.2) is 48.5 Å². The number of aryl methyl sites for hydroxylation is 1. The molecule has 2 aromatic rings. The van der Waals surface area contributed by atoms with Gasteiger partial charge in [0.1, 0.15) is 5.75 Å². The fourth-order valence-electron chi connectivity index (χ4n) is 4.86. The molecule has 2 heterocycles. The summed E-state index contributed by atoms with van der Waals surface area (Å²) >= 11 is 0. The van der Waals surface area contributed by atoms with Crippen molar-refractivity contribution in [1.29, 1.82) is 0 Å². The van der Waals surface area contributed by atoms with Crippen molar-refractivity contribution in [2.45, 2.75) is 51.8 Å². The third kappa shape index (κ3) is 6.07. The number of aromatic hydroxyl groups is 1. The highest BCUT2D eigenvalue weighted by Crippen LogP contribution is 2.23. The molecule has 0 aromatic heterocycles. The van der Waals surface area contributed by atoms with Gasteiger partial charge in [0.2, 0.25) is 0 Å². The van der Waals surface area contributed by atoms with Gasteiger partial charge in [-0.1, -0.05) is 36.4 Å². The molecular formula is C26H36N2O2. The molecule has 0 aliphatic carbocycles. The molecule has 4 heteroatoms. The van der Waals surface area contributed by atoms with E-state index in [0.717, 1.165) is 38.7 Å². The lowest BCUT2D eigenvalue weighted by atomic mass is 9.95. The Labute approximate surface area is 181 Å². The van der Waals surface area contributed by atoms with E-state index in [1.807, 2.05) is 12.1 Å². The highest BCUT2D eigenvalue weighted by molar-refractivity contribution is 5.26. The summed E-state index contributed by atoms with van der Waals surface area (Å²) in [5, 5.41) is 9.59. The monoisotopic (exact) mass is 408 g/mol. The molecule has 2 aromatic carbocycles. The van der Waals surface area contributed by atoms with E-state index in [-0.39, 0.29) is 0 Å². The third-order valence-electron chi connectivity index (χ3n) is 6.71. The Morgan fingerprint density at radius 3 is 2.47 bits per heavy atom. The first kappa shape index (κ1) is 21.4. The van der Waals surface area contributed by atoms with E-state index in [0.29, 0.717) is 11.9 Å². The van der Waals surface area contributed by atoms with E-state index in [1.165, 1.54) is 55.5 Å². The summed E-state index contributed by atoms with van der Waals surface area (Å²) < 4.78 is 5.93. The Morgan fingerprint density at radius 1 is 1.00 bits per heavy atom. The van der Waals surface area contributed by atoms with E-state index < -0.39 is 0 Å². The SMILES string of the molecule is Cc1ccccc1CN1CCC(CN(Cc2ccc(O)cc2)C[C@H]2CCCO2)CC1. The molecule has 1 N–H and O–H groups in total. The fourth-order valence-corrected chi connectivity index (χ4v) is 4.86. The molecule has 2 aliphatic rings. The Balaban J connectivity index is 1.31. The van der Waals surface area contributed by atoms with E-state index in [9.17, 15) is 5.11 Å². The lowest BCUT2D eigenvalue weighted by Crippen LogP contribution is -2.40. The minimum Gasteiger partial charge on any atom is -0.508 e. The van der Waals surface area contributed by atoms with Gasteiger partial charge in [-0.15, -0.1) is 0 Å². The predicted octanol–water partition coefficient (Wildman–Crippen LogP) is 4.59. The average molecular weight is 409 g/mol. The van der Waals surface area contributed by atoms with E-state index in [2.05, 4.69) is 41.0 Å². The van der Waals surface area contributed by atoms with Crippen LogP contribution in [-0.4, -0.2) is 53.8 Å². The summed E-state index contributed by atoms with van der Waals surface area (Å²) in [5.74, 6) is 1.09. The second kappa shape index (κ2) is 10.4. The summed E-state index contributed by atoms with van der Waals surface area (Å²) in [6.07, 6.45) is 5.28. The molecule has 162 valence electrons. The zero-order valence-electron chi connectivity index (χ0n) is 18.3. The Bertz CT molecular complexity index is 778. The van der Waals surface area contributed by atoms with E-state index >= 15 is 0 Å². The molecule has 4 rings (SSSR count). The molecule has 4 nitrogen and oxygen atoms in total. The largest absolute Gasteiger partial charge is 0.508 e. The number of hydrogen-bond acceptors (Lipinski definition) is 4. The predicted molar refractivity (Wildman–Crippen MR) is 122 cm³/mol. The fraction of sp³-hybridized carbons (Fsp3) is 0.538. The quantitative estimate of drug-likeness (QED) is 0.693. The Morgan fingerprint density at radius 2 is 1.77 bits per heavy atom. The molecule has 0 saturated carbocycles. The van der Waals surface area contributed by atoms with Gasteiger partial charge in [-0.2, -0.15) is 0 Å². The average Bonchev–Trinajstić information content (AvgIpc) is 3.26. The lowest BCUT2D eigenvalue weighted by Gasteiger charge is -2.36. The van der Waals surface area contributed by atoms with Gasteiger partial charge >= 0.3 is 0 Å². The molecule has 0 bridgehead atoms. The van der Waals surface area contributed by atoms with Gasteiger partial charge in [-0.3, -0.25) is 9.80 Å². The highest BCUT2D eigenvalue weighted by Gasteiger charge is 2.25. The molecular weight excluding hydrogens is 372 g/mol. The number of ether oxygens (including phenoxy) is 1. The van der Waals surface area contributed by atoms with Crippen LogP contribution in [0.5, 0.6) is 5.75 Å². The maximum atomic E-state index is 9.59. The molecule has 2 aliphatic heterocycles. The smallest absolute Gasteiger partial charge is 0.115 e. The number of benzene rings is 2. The van der Waals surface area contributed by atoms with Crippen LogP contribution in [0.25, 0.3) is 0 Å². The minimum absolute atomic E-state index is 0.338. The third-order valence-corrected chi connectivity index (χ3v) is 6.71. The summed E-state index contributed by atoms with van der Waals surface area (Å²) in [7, 11) is 0. The molecule has 0 radical (unpaired) electrons. The molecule has 30 heavy (non-hydrogen) atoms. The van der Waals surface area contributed by atoms with Crippen molar-refractivity contribution < 1.29 is 9.84 Å². The van der Waals surface area contributed by atoms with Gasteiger partial charge in [0, 0.05) is 32.8 Å². The second-order valence-corrected chi connectivity index (χ2v) is 9.14. The molecule has 0 unspecified atom stereocenters. The van der Waals surface area contributed by atoms with Crippen molar-refractivity contribution in [2.24, 2.45) is 5.92 Å². The van der Waals surface area contributed by atoms with Crippen LogP contribution in [0.3, 0.4) is 0 Å². The zero-order valence-corrected chi connectivity index (χ0v) is 18.3. The van der Waals surface area contributed by atoms with Crippen molar-refractivity contribution in [1.82, 2.24) is 9.80 Å². The van der Waals surface area contributed by atoms with Crippen LogP contribution in [0.1, 0.15) is 42.4 Å². The first-order chi connectivity index (χ1) is 14.7. The van der Waals surface area contributed by atoms with Crippen molar-refractivity contribution in [3.8, 4) is 5.75 Å². The summed E-state index contributed by atoms with van der Waals surface area (Å²) in [6, 6.07) is 16.4. The Kier molecular flexibility index (Phi) is 7.42. The highest BCUT2D eigenvalue weighted by atomic mass is 16.5. The number of rotatable bonds is 8. The van der Waals surface area contributed by atoms with Crippen LogP contribution in [0, 0.1) is 12.8 Å². The standard InChI is InChI=1S/C26H36N2O2/c1-21-5-2-3-6-24(21)19-27-14-12-23(13-15-27)18-28(20-26-7-4-16-30-26)17-22-8-10-25(29)11-9-22/h2-3,5-6,8-11,23,26,29H,4,7,12-20H2,1H3/t26-/m1/s1. The second-order valence-electron chi connectivity index (χ2n) is 9.14. The van der Waals surface area contributed by atoms with Crippen LogP contribution in [-0.2, 0) is 17.8 Å². The summed E-state index contributed by atoms with van der Waals surface area (Å²) in [6.45, 7) is 9.67. The number of piperidine rings is 1. The zero-order chi connectivity index (χ0) is 20.8. The lowest BCUT2D eigenvalue weighted by molar-refractivity contribution is 0.0570. The normalized spacial score (nSPS) is 20.8. The maximum Gasteiger partial charge on any atom is 0.115 e. The van der Waals surface area contributed by atoms with Crippen molar-refractivity contribution in [3.63, 3.8) is 0 Å². The molecule has 2 fully saturated rings. The van der Waals surface area contributed by atoms with Crippen molar-refractivity contribution >= 4 is 0 Å². The van der Waals surface area contributed by atoms with Gasteiger partial charge in [0.25, 0.3) is 0 Å². The van der Waals surface area contributed by atoms with E-state index in [4.69, 9.17) is 4.74 Å².